The molecule has 0 saturated heterocycles. The van der Waals surface area contributed by atoms with Crippen molar-refractivity contribution in [3.05, 3.63) is 36.3 Å². The molecule has 0 aliphatic heterocycles. The Morgan fingerprint density at radius 1 is 1.44 bits per heavy atom. The number of rotatable bonds is 4. The van der Waals surface area contributed by atoms with E-state index in [0.717, 1.165) is 10.9 Å². The van der Waals surface area contributed by atoms with Gasteiger partial charge in [-0.3, -0.25) is 0 Å². The molecule has 0 aliphatic carbocycles. The molecule has 86 valence electrons. The molecule has 1 atom stereocenters. The number of nitrogens with zero attached hydrogens (tertiary/aromatic N) is 1. The average molecular weight is 222 g/mol. The van der Waals surface area contributed by atoms with E-state index < -0.39 is 6.10 Å². The SMILES string of the molecule is CNC[C@@H](O)Cn1ccc2cc(F)ccc21. The maximum absolute atomic E-state index is 13.0. The number of nitrogens with one attached hydrogen (secondary N) is 1. The van der Waals surface area contributed by atoms with Gasteiger partial charge in [0.15, 0.2) is 0 Å². The van der Waals surface area contributed by atoms with E-state index in [0.29, 0.717) is 13.1 Å². The number of hydrogen-bond donors (Lipinski definition) is 2. The fraction of sp³-hybridized carbons (Fsp3) is 0.333. The monoisotopic (exact) mass is 222 g/mol. The molecule has 0 fully saturated rings. The molecule has 2 aromatic rings. The number of halogens is 1. The van der Waals surface area contributed by atoms with E-state index in [4.69, 9.17) is 0 Å². The molecule has 1 aromatic carbocycles. The molecule has 0 radical (unpaired) electrons. The van der Waals surface area contributed by atoms with Crippen LogP contribution in [0, 0.1) is 5.82 Å². The minimum atomic E-state index is -0.439. The van der Waals surface area contributed by atoms with Crippen LogP contribution < -0.4 is 5.32 Å². The molecule has 16 heavy (non-hydrogen) atoms. The van der Waals surface area contributed by atoms with Gasteiger partial charge in [-0.1, -0.05) is 0 Å². The molecular formula is C12H15FN2O. The van der Waals surface area contributed by atoms with Crippen LogP contribution in [0.1, 0.15) is 0 Å². The third-order valence-electron chi connectivity index (χ3n) is 2.58. The Balaban J connectivity index is 2.25. The van der Waals surface area contributed by atoms with E-state index in [1.165, 1.54) is 12.1 Å². The van der Waals surface area contributed by atoms with E-state index in [9.17, 15) is 9.50 Å². The molecule has 0 spiro atoms. The molecule has 0 unspecified atom stereocenters. The molecular weight excluding hydrogens is 207 g/mol. The van der Waals surface area contributed by atoms with Crippen molar-refractivity contribution < 1.29 is 9.50 Å². The zero-order valence-electron chi connectivity index (χ0n) is 9.15. The summed E-state index contributed by atoms with van der Waals surface area (Å²) < 4.78 is 14.9. The van der Waals surface area contributed by atoms with E-state index in [2.05, 4.69) is 5.32 Å². The third kappa shape index (κ3) is 2.23. The Morgan fingerprint density at radius 3 is 3.00 bits per heavy atom. The standard InChI is InChI=1S/C12H15FN2O/c1-14-7-11(16)8-15-5-4-9-6-10(13)2-3-12(9)15/h2-6,11,14,16H,7-8H2,1H3/t11-/m1/s1. The summed E-state index contributed by atoms with van der Waals surface area (Å²) in [6, 6.07) is 6.51. The fourth-order valence-electron chi connectivity index (χ4n) is 1.86. The normalized spacial score (nSPS) is 13.2. The largest absolute Gasteiger partial charge is 0.390 e. The average Bonchev–Trinajstić information content (AvgIpc) is 2.61. The first-order valence-corrected chi connectivity index (χ1v) is 5.28. The number of aliphatic hydroxyl groups is 1. The van der Waals surface area contributed by atoms with Gasteiger partial charge >= 0.3 is 0 Å². The van der Waals surface area contributed by atoms with Gasteiger partial charge in [-0.2, -0.15) is 0 Å². The molecule has 2 N–H and O–H groups in total. The van der Waals surface area contributed by atoms with Gasteiger partial charge < -0.3 is 15.0 Å². The summed E-state index contributed by atoms with van der Waals surface area (Å²) in [5, 5.41) is 13.4. The quantitative estimate of drug-likeness (QED) is 0.819. The summed E-state index contributed by atoms with van der Waals surface area (Å²) in [6.07, 6.45) is 1.42. The third-order valence-corrected chi connectivity index (χ3v) is 2.58. The maximum Gasteiger partial charge on any atom is 0.123 e. The zero-order chi connectivity index (χ0) is 11.5. The van der Waals surface area contributed by atoms with Crippen molar-refractivity contribution in [2.24, 2.45) is 0 Å². The van der Waals surface area contributed by atoms with Gasteiger partial charge in [0.05, 0.1) is 6.10 Å². The van der Waals surface area contributed by atoms with Crippen molar-refractivity contribution in [2.75, 3.05) is 13.6 Å². The van der Waals surface area contributed by atoms with Crippen molar-refractivity contribution in [1.82, 2.24) is 9.88 Å². The van der Waals surface area contributed by atoms with Crippen LogP contribution in [0.5, 0.6) is 0 Å². The van der Waals surface area contributed by atoms with Crippen LogP contribution in [0.15, 0.2) is 30.5 Å². The summed E-state index contributed by atoms with van der Waals surface area (Å²) in [4.78, 5) is 0. The Morgan fingerprint density at radius 2 is 2.25 bits per heavy atom. The maximum atomic E-state index is 13.0. The first-order valence-electron chi connectivity index (χ1n) is 5.28. The van der Waals surface area contributed by atoms with Crippen molar-refractivity contribution in [1.29, 1.82) is 0 Å². The van der Waals surface area contributed by atoms with Crippen molar-refractivity contribution in [3.63, 3.8) is 0 Å². The lowest BCUT2D eigenvalue weighted by Gasteiger charge is -2.11. The van der Waals surface area contributed by atoms with Gasteiger partial charge in [0.25, 0.3) is 0 Å². The van der Waals surface area contributed by atoms with E-state index in [1.54, 1.807) is 13.1 Å². The predicted molar refractivity (Wildman–Crippen MR) is 61.8 cm³/mol. The molecule has 4 heteroatoms. The van der Waals surface area contributed by atoms with Crippen LogP contribution >= 0.6 is 0 Å². The van der Waals surface area contributed by atoms with Crippen LogP contribution in [0.3, 0.4) is 0 Å². The van der Waals surface area contributed by atoms with Crippen LogP contribution in [0.4, 0.5) is 4.39 Å². The Bertz CT molecular complexity index is 481. The molecule has 0 bridgehead atoms. The van der Waals surface area contributed by atoms with Gasteiger partial charge in [0.1, 0.15) is 5.82 Å². The summed E-state index contributed by atoms with van der Waals surface area (Å²) >= 11 is 0. The minimum Gasteiger partial charge on any atom is -0.390 e. The first kappa shape index (κ1) is 11.1. The number of hydrogen-bond acceptors (Lipinski definition) is 2. The van der Waals surface area contributed by atoms with Gasteiger partial charge in [-0.05, 0) is 31.3 Å². The van der Waals surface area contributed by atoms with Crippen molar-refractivity contribution in [3.8, 4) is 0 Å². The number of fused-ring (bicyclic) bond motifs is 1. The lowest BCUT2D eigenvalue weighted by Crippen LogP contribution is -2.27. The smallest absolute Gasteiger partial charge is 0.123 e. The minimum absolute atomic E-state index is 0.235. The molecule has 2 rings (SSSR count). The molecule has 1 heterocycles. The lowest BCUT2D eigenvalue weighted by molar-refractivity contribution is 0.155. The van der Waals surface area contributed by atoms with Crippen molar-refractivity contribution >= 4 is 10.9 Å². The molecule has 0 amide bonds. The second kappa shape index (κ2) is 4.63. The molecule has 3 nitrogen and oxygen atoms in total. The number of aromatic nitrogens is 1. The van der Waals surface area contributed by atoms with E-state index in [-0.39, 0.29) is 5.82 Å². The fourth-order valence-corrected chi connectivity index (χ4v) is 1.86. The number of likely N-dealkylation sites (N-methyl/N-ethyl adjacent to an activating group) is 1. The second-order valence-corrected chi connectivity index (χ2v) is 3.88. The van der Waals surface area contributed by atoms with Gasteiger partial charge in [-0.15, -0.1) is 0 Å². The summed E-state index contributed by atoms with van der Waals surface area (Å²) in [6.45, 7) is 1.05. The van der Waals surface area contributed by atoms with Gasteiger partial charge in [0.2, 0.25) is 0 Å². The highest BCUT2D eigenvalue weighted by molar-refractivity contribution is 5.80. The van der Waals surface area contributed by atoms with Crippen LogP contribution in [0.25, 0.3) is 10.9 Å². The predicted octanol–water partition coefficient (Wildman–Crippen LogP) is 1.36. The van der Waals surface area contributed by atoms with Crippen LogP contribution in [0.2, 0.25) is 0 Å². The highest BCUT2D eigenvalue weighted by Crippen LogP contribution is 2.17. The van der Waals surface area contributed by atoms with Gasteiger partial charge in [0, 0.05) is 30.2 Å². The highest BCUT2D eigenvalue weighted by Gasteiger charge is 2.07. The lowest BCUT2D eigenvalue weighted by atomic mass is 10.2. The zero-order valence-corrected chi connectivity index (χ0v) is 9.15. The Labute approximate surface area is 93.5 Å². The first-order chi connectivity index (χ1) is 7.70. The number of benzene rings is 1. The van der Waals surface area contributed by atoms with E-state index >= 15 is 0 Å². The van der Waals surface area contributed by atoms with E-state index in [1.807, 2.05) is 16.8 Å². The topological polar surface area (TPSA) is 37.2 Å². The molecule has 0 aliphatic rings. The van der Waals surface area contributed by atoms with Crippen LogP contribution in [-0.4, -0.2) is 29.4 Å². The summed E-state index contributed by atoms with van der Waals surface area (Å²) in [5.41, 5.74) is 0.941. The van der Waals surface area contributed by atoms with Gasteiger partial charge in [-0.25, -0.2) is 4.39 Å². The highest BCUT2D eigenvalue weighted by atomic mass is 19.1. The summed E-state index contributed by atoms with van der Waals surface area (Å²) in [7, 11) is 1.80. The van der Waals surface area contributed by atoms with Crippen LogP contribution in [-0.2, 0) is 6.54 Å². The Hall–Kier alpha value is -1.39. The molecule has 1 aromatic heterocycles. The number of aliphatic hydroxyl groups excluding tert-OH is 1. The van der Waals surface area contributed by atoms with Crippen molar-refractivity contribution in [2.45, 2.75) is 12.6 Å². The summed E-state index contributed by atoms with van der Waals surface area (Å²) in [5.74, 6) is -0.235. The molecule has 0 saturated carbocycles. The second-order valence-electron chi connectivity index (χ2n) is 3.88. The Kier molecular flexibility index (Phi) is 3.22.